The molecule has 5 rings (SSSR count). The topological polar surface area (TPSA) is 139 Å². The molecule has 2 aromatic heterocycles. The second-order valence-corrected chi connectivity index (χ2v) is 10.6. The van der Waals surface area contributed by atoms with Crippen LogP contribution in [0.15, 0.2) is 27.9 Å². The number of aryl methyl sites for hydroxylation is 2. The summed E-state index contributed by atoms with van der Waals surface area (Å²) in [6, 6.07) is 3.99. The molecule has 0 unspecified atom stereocenters. The van der Waals surface area contributed by atoms with E-state index in [-0.39, 0.29) is 35.1 Å². The minimum absolute atomic E-state index is 0.00264. The molecule has 2 aliphatic rings. The number of rotatable bonds is 5. The Morgan fingerprint density at radius 2 is 1.91 bits per heavy atom. The zero-order valence-corrected chi connectivity index (χ0v) is 19.9. The van der Waals surface area contributed by atoms with Gasteiger partial charge in [-0.2, -0.15) is 4.31 Å². The molecule has 3 aromatic rings. The Labute approximate surface area is 196 Å². The van der Waals surface area contributed by atoms with Crippen LogP contribution in [0.25, 0.3) is 16.9 Å². The number of nitrogens with zero attached hydrogens (tertiary/aromatic N) is 4. The van der Waals surface area contributed by atoms with Gasteiger partial charge in [-0.3, -0.25) is 4.79 Å². The number of sulfonamides is 1. The number of aromatic nitrogens is 4. The highest BCUT2D eigenvalue weighted by atomic mass is 32.2. The number of nitrogens with one attached hydrogen (secondary N) is 1. The van der Waals surface area contributed by atoms with Crippen LogP contribution in [0.3, 0.4) is 0 Å². The lowest BCUT2D eigenvalue weighted by Gasteiger charge is -2.36. The average Bonchev–Trinajstić information content (AvgIpc) is 3.39. The van der Waals surface area contributed by atoms with Gasteiger partial charge in [-0.1, -0.05) is 6.92 Å². The first-order valence-corrected chi connectivity index (χ1v) is 12.8. The number of imidazole rings is 1. The number of phenolic OH excluding ortho intramolecular Hbond substituents is 1. The van der Waals surface area contributed by atoms with Gasteiger partial charge in [-0.25, -0.2) is 17.9 Å². The number of phenols is 1. The van der Waals surface area contributed by atoms with E-state index >= 15 is 0 Å². The Bertz CT molecular complexity index is 1400. The zero-order chi connectivity index (χ0) is 24.1. The standard InChI is InChI=1S/C22H27N5O6S/c1-3-4-18-23-14(2)19-21(29)24-20(25-27(18)19)16-13-15(5-6-17(16)28)34(30,31)26-9-7-22(8-10-26)32-11-12-33-22/h5-6,13,28H,3-4,7-12H2,1-2H3,(H,24,25,29). The summed E-state index contributed by atoms with van der Waals surface area (Å²) in [5, 5.41) is 15.0. The van der Waals surface area contributed by atoms with Crippen molar-refractivity contribution < 1.29 is 23.0 Å². The normalized spacial score (nSPS) is 18.8. The van der Waals surface area contributed by atoms with E-state index in [1.165, 1.54) is 27.0 Å². The molecule has 11 nitrogen and oxygen atoms in total. The van der Waals surface area contributed by atoms with Crippen LogP contribution in [0.4, 0.5) is 0 Å². The van der Waals surface area contributed by atoms with Crippen LogP contribution in [0.1, 0.15) is 37.7 Å². The Morgan fingerprint density at radius 1 is 1.21 bits per heavy atom. The van der Waals surface area contributed by atoms with Gasteiger partial charge in [-0.05, 0) is 31.5 Å². The van der Waals surface area contributed by atoms with E-state index in [9.17, 15) is 18.3 Å². The van der Waals surface area contributed by atoms with Gasteiger partial charge in [0.25, 0.3) is 5.56 Å². The van der Waals surface area contributed by atoms with Gasteiger partial charge in [0, 0.05) is 32.4 Å². The van der Waals surface area contributed by atoms with Crippen molar-refractivity contribution in [2.45, 2.75) is 50.2 Å². The molecular formula is C22H27N5O6S. The Hall–Kier alpha value is -2.80. The number of ether oxygens (including phenoxy) is 2. The van der Waals surface area contributed by atoms with Crippen molar-refractivity contribution in [3.8, 4) is 17.1 Å². The van der Waals surface area contributed by atoms with Crippen molar-refractivity contribution in [2.24, 2.45) is 0 Å². The molecule has 12 heteroatoms. The maximum atomic E-state index is 13.4. The lowest BCUT2D eigenvalue weighted by Crippen LogP contribution is -2.47. The molecule has 182 valence electrons. The van der Waals surface area contributed by atoms with Gasteiger partial charge in [0.2, 0.25) is 10.0 Å². The zero-order valence-electron chi connectivity index (χ0n) is 19.1. The molecule has 0 aliphatic carbocycles. The van der Waals surface area contributed by atoms with E-state index in [4.69, 9.17) is 9.47 Å². The van der Waals surface area contributed by atoms with Crippen LogP contribution in [0.5, 0.6) is 5.75 Å². The Morgan fingerprint density at radius 3 is 2.59 bits per heavy atom. The molecule has 2 fully saturated rings. The smallest absolute Gasteiger partial charge is 0.277 e. The van der Waals surface area contributed by atoms with Gasteiger partial charge in [0.05, 0.1) is 29.4 Å². The summed E-state index contributed by atoms with van der Waals surface area (Å²) in [6.45, 7) is 5.28. The number of fused-ring (bicyclic) bond motifs is 1. The summed E-state index contributed by atoms with van der Waals surface area (Å²) < 4.78 is 41.0. The van der Waals surface area contributed by atoms with Crippen molar-refractivity contribution in [1.29, 1.82) is 0 Å². The molecule has 34 heavy (non-hydrogen) atoms. The van der Waals surface area contributed by atoms with Crippen molar-refractivity contribution in [2.75, 3.05) is 26.3 Å². The number of benzene rings is 1. The maximum Gasteiger partial charge on any atom is 0.277 e. The van der Waals surface area contributed by atoms with Crippen LogP contribution < -0.4 is 5.56 Å². The first-order valence-electron chi connectivity index (χ1n) is 11.3. The molecule has 2 aliphatic heterocycles. The predicted molar refractivity (Wildman–Crippen MR) is 122 cm³/mol. The molecule has 1 aromatic carbocycles. The van der Waals surface area contributed by atoms with Crippen LogP contribution in [-0.4, -0.2) is 69.5 Å². The summed E-state index contributed by atoms with van der Waals surface area (Å²) in [7, 11) is -3.85. The van der Waals surface area contributed by atoms with Crippen molar-refractivity contribution in [1.82, 2.24) is 23.9 Å². The molecule has 0 bridgehead atoms. The molecular weight excluding hydrogens is 462 g/mol. The van der Waals surface area contributed by atoms with E-state index in [0.29, 0.717) is 49.5 Å². The van der Waals surface area contributed by atoms with Crippen LogP contribution in [-0.2, 0) is 25.9 Å². The fourth-order valence-electron chi connectivity index (χ4n) is 4.61. The van der Waals surface area contributed by atoms with Crippen molar-refractivity contribution in [3.63, 3.8) is 0 Å². The molecule has 1 spiro atoms. The molecule has 0 atom stereocenters. The SMILES string of the molecule is CCCc1nc(C)c2c(=O)[nH]c(-c3cc(S(=O)(=O)N4CCC5(CC4)OCCO5)ccc3O)nn12. The van der Waals surface area contributed by atoms with Gasteiger partial charge in [-0.15, -0.1) is 5.10 Å². The van der Waals surface area contributed by atoms with E-state index in [1.54, 1.807) is 6.92 Å². The van der Waals surface area contributed by atoms with Crippen LogP contribution >= 0.6 is 0 Å². The summed E-state index contributed by atoms with van der Waals surface area (Å²) >= 11 is 0. The number of hydrogen-bond acceptors (Lipinski definition) is 8. The Kier molecular flexibility index (Phi) is 5.71. The highest BCUT2D eigenvalue weighted by Crippen LogP contribution is 2.35. The number of hydrogen-bond donors (Lipinski definition) is 2. The third-order valence-corrected chi connectivity index (χ3v) is 8.27. The number of piperidine rings is 1. The second-order valence-electron chi connectivity index (χ2n) is 8.62. The quantitative estimate of drug-likeness (QED) is 0.551. The van der Waals surface area contributed by atoms with Crippen molar-refractivity contribution >= 4 is 15.5 Å². The van der Waals surface area contributed by atoms with Crippen molar-refractivity contribution in [3.05, 3.63) is 40.1 Å². The van der Waals surface area contributed by atoms with E-state index in [2.05, 4.69) is 15.1 Å². The average molecular weight is 490 g/mol. The van der Waals surface area contributed by atoms with E-state index < -0.39 is 21.4 Å². The van der Waals surface area contributed by atoms with E-state index in [1.807, 2.05) is 6.92 Å². The largest absolute Gasteiger partial charge is 0.507 e. The third-order valence-electron chi connectivity index (χ3n) is 6.38. The van der Waals surface area contributed by atoms with E-state index in [0.717, 1.165) is 6.42 Å². The predicted octanol–water partition coefficient (Wildman–Crippen LogP) is 1.58. The Balaban J connectivity index is 1.51. The summed E-state index contributed by atoms with van der Waals surface area (Å²) in [5.41, 5.74) is 0.587. The van der Waals surface area contributed by atoms with Gasteiger partial charge < -0.3 is 19.6 Å². The highest BCUT2D eigenvalue weighted by molar-refractivity contribution is 7.89. The summed E-state index contributed by atoms with van der Waals surface area (Å²) in [6.07, 6.45) is 2.33. The minimum Gasteiger partial charge on any atom is -0.507 e. The number of aromatic amines is 1. The fraction of sp³-hybridized carbons (Fsp3) is 0.500. The first kappa shape index (κ1) is 23.0. The van der Waals surface area contributed by atoms with Crippen LogP contribution in [0, 0.1) is 6.92 Å². The van der Waals surface area contributed by atoms with Gasteiger partial charge >= 0.3 is 0 Å². The molecule has 2 saturated heterocycles. The summed E-state index contributed by atoms with van der Waals surface area (Å²) in [5.74, 6) is -0.193. The molecule has 2 N–H and O–H groups in total. The second kappa shape index (κ2) is 8.45. The third kappa shape index (κ3) is 3.80. The fourth-order valence-corrected chi connectivity index (χ4v) is 6.08. The summed E-state index contributed by atoms with van der Waals surface area (Å²) in [4.78, 5) is 19.9. The monoisotopic (exact) mass is 489 g/mol. The number of aromatic hydroxyl groups is 1. The minimum atomic E-state index is -3.85. The van der Waals surface area contributed by atoms with Crippen LogP contribution in [0.2, 0.25) is 0 Å². The molecule has 0 radical (unpaired) electrons. The maximum absolute atomic E-state index is 13.4. The lowest BCUT2D eigenvalue weighted by molar-refractivity contribution is -0.179. The molecule has 0 amide bonds. The van der Waals surface area contributed by atoms with Gasteiger partial charge in [0.15, 0.2) is 17.1 Å². The highest BCUT2D eigenvalue weighted by Gasteiger charge is 2.42. The molecule has 4 heterocycles. The lowest BCUT2D eigenvalue weighted by atomic mass is 10.1. The molecule has 0 saturated carbocycles. The first-order chi connectivity index (χ1) is 16.2. The van der Waals surface area contributed by atoms with Gasteiger partial charge in [0.1, 0.15) is 11.6 Å². The number of H-pyrrole nitrogens is 1.